The minimum absolute atomic E-state index is 0. The van der Waals surface area contributed by atoms with E-state index in [-0.39, 0.29) is 40.2 Å². The van der Waals surface area contributed by atoms with E-state index >= 15 is 0 Å². The standard InChI is InChI=1S/C28H24N2.C28H23N2.3C11H8N.CHF3O3S.2CH4O.2Ir/c2*1-20(2)23-16-9-10-19-26(23)30-27-24(21-12-5-3-6-13-21)17-11-18-25(27)29-28(30)22-14-7-4-8-15-22;3*1-2-6-10(7-3-1)11-8-4-5-9-12-11;2-1(3,4)8(5,6)7;2*1-2;;/h3-20H,1-2H3;3-14,16-20H,1-2H3;3*1-6,8-9H;(H,5,6,7);2*2H,1H3;;/q;4*-1;;;;;. The van der Waals surface area contributed by atoms with Crippen LogP contribution in [0.3, 0.4) is 0 Å². The summed E-state index contributed by atoms with van der Waals surface area (Å²) in [4.78, 5) is 22.8. The van der Waals surface area contributed by atoms with Crippen LogP contribution in [0, 0.1) is 24.3 Å². The number of alkyl halides is 3. The first-order valence-electron chi connectivity index (χ1n) is 34.5. The van der Waals surface area contributed by atoms with Gasteiger partial charge in [0.05, 0.1) is 33.6 Å². The molecule has 562 valence electrons. The van der Waals surface area contributed by atoms with Crippen LogP contribution in [0.15, 0.2) is 346 Å². The topological polar surface area (TPSA) is 169 Å². The van der Waals surface area contributed by atoms with Gasteiger partial charge in [-0.25, -0.2) is 4.98 Å². The molecular formula is C92H80F3Ir2N7O5S-4. The summed E-state index contributed by atoms with van der Waals surface area (Å²) in [5.74, 6) is 2.70. The minimum atomic E-state index is -5.84. The van der Waals surface area contributed by atoms with Gasteiger partial charge in [0.25, 0.3) is 0 Å². The molecule has 0 fully saturated rings. The SMILES string of the molecule is CC(C)c1ccccc1-n1c(-c2[c-]cccc2)nc2cccc(-c3ccccc3)c21.CC(C)c1ccccc1-n1c(-c2ccccc2)nc2cccc(-c3ccccc3)c21.CO.CO.O=S(=O)(O)C(F)(F)F.[Ir].[Ir].[c-]1ccccc1-c1ccccn1.[c-]1ccccc1-c1ccccn1.[c-]1ccccc1-c1ccccn1. The maximum absolute atomic E-state index is 10.7. The summed E-state index contributed by atoms with van der Waals surface area (Å²) >= 11 is 0. The monoisotopic (exact) mass is 1840 g/mol. The van der Waals surface area contributed by atoms with E-state index < -0.39 is 15.6 Å². The Hall–Kier alpha value is -11.3. The van der Waals surface area contributed by atoms with Crippen molar-refractivity contribution in [3.8, 4) is 90.2 Å². The third-order valence-electron chi connectivity index (χ3n) is 16.3. The first-order chi connectivity index (χ1) is 52.6. The van der Waals surface area contributed by atoms with E-state index in [4.69, 9.17) is 33.2 Å². The first-order valence-corrected chi connectivity index (χ1v) is 36.0. The summed E-state index contributed by atoms with van der Waals surface area (Å²) in [5, 5.41) is 14.0. The molecule has 16 rings (SSSR count). The number of hydrogen-bond acceptors (Lipinski definition) is 9. The number of aliphatic hydroxyl groups excluding tert-OH is 2. The molecule has 3 N–H and O–H groups in total. The van der Waals surface area contributed by atoms with Gasteiger partial charge in [-0.1, -0.05) is 216 Å². The largest absolute Gasteiger partial charge is 0.522 e. The van der Waals surface area contributed by atoms with Crippen LogP contribution >= 0.6 is 0 Å². The Morgan fingerprint density at radius 2 is 0.636 bits per heavy atom. The van der Waals surface area contributed by atoms with E-state index in [1.807, 2.05) is 152 Å². The molecule has 11 aromatic carbocycles. The Morgan fingerprint density at radius 3 is 0.945 bits per heavy atom. The Morgan fingerprint density at radius 1 is 0.345 bits per heavy atom. The molecule has 16 aromatic rings. The Labute approximate surface area is 668 Å². The number of fused-ring (bicyclic) bond motifs is 2. The molecule has 5 aromatic heterocycles. The Kier molecular flexibility index (Phi) is 34.1. The van der Waals surface area contributed by atoms with E-state index in [0.717, 1.165) is 92.8 Å². The van der Waals surface area contributed by atoms with E-state index in [0.29, 0.717) is 11.8 Å². The fourth-order valence-electron chi connectivity index (χ4n) is 11.5. The van der Waals surface area contributed by atoms with Crippen LogP contribution in [0.5, 0.6) is 0 Å². The fourth-order valence-corrected chi connectivity index (χ4v) is 11.5. The number of pyridine rings is 3. The zero-order valence-electron chi connectivity index (χ0n) is 61.1. The molecule has 0 spiro atoms. The third-order valence-corrected chi connectivity index (χ3v) is 16.9. The molecule has 0 atom stereocenters. The second-order valence-corrected chi connectivity index (χ2v) is 25.5. The number of benzene rings is 11. The maximum atomic E-state index is 10.7. The van der Waals surface area contributed by atoms with Gasteiger partial charge in [-0.2, -0.15) is 21.6 Å². The summed E-state index contributed by atoms with van der Waals surface area (Å²) in [5.41, 5.74) is 16.6. The van der Waals surface area contributed by atoms with E-state index in [9.17, 15) is 13.2 Å². The smallest absolute Gasteiger partial charge is 0.400 e. The second-order valence-electron chi connectivity index (χ2n) is 24.1. The molecule has 18 heteroatoms. The summed E-state index contributed by atoms with van der Waals surface area (Å²) in [6.07, 6.45) is 5.36. The van der Waals surface area contributed by atoms with Gasteiger partial charge in [0.2, 0.25) is 0 Å². The average Bonchev–Trinajstić information content (AvgIpc) is 1.60. The van der Waals surface area contributed by atoms with Crippen molar-refractivity contribution in [1.29, 1.82) is 0 Å². The van der Waals surface area contributed by atoms with Crippen molar-refractivity contribution < 1.29 is 76.6 Å². The predicted octanol–water partition coefficient (Wildman–Crippen LogP) is 22.0. The summed E-state index contributed by atoms with van der Waals surface area (Å²) in [6, 6.07) is 124. The van der Waals surface area contributed by atoms with Gasteiger partial charge < -0.3 is 29.7 Å². The van der Waals surface area contributed by atoms with Gasteiger partial charge in [-0.05, 0) is 93.6 Å². The average molecular weight is 1840 g/mol. The van der Waals surface area contributed by atoms with Crippen LogP contribution in [-0.4, -0.2) is 77.0 Å². The molecule has 0 aliphatic carbocycles. The van der Waals surface area contributed by atoms with Crippen LogP contribution in [0.1, 0.15) is 50.7 Å². The Bertz CT molecular complexity index is 4940. The number of nitrogens with zero attached hydrogens (tertiary/aromatic N) is 7. The van der Waals surface area contributed by atoms with Crippen molar-refractivity contribution in [2.45, 2.75) is 45.0 Å². The van der Waals surface area contributed by atoms with E-state index in [1.165, 1.54) is 44.8 Å². The zero-order valence-corrected chi connectivity index (χ0v) is 66.7. The number of para-hydroxylation sites is 4. The van der Waals surface area contributed by atoms with Gasteiger partial charge in [0.15, 0.2) is 0 Å². The van der Waals surface area contributed by atoms with E-state index in [1.54, 1.807) is 18.6 Å². The summed E-state index contributed by atoms with van der Waals surface area (Å²) < 4.78 is 62.2. The molecule has 0 aliphatic rings. The number of imidazole rings is 2. The van der Waals surface area contributed by atoms with Gasteiger partial charge >= 0.3 is 15.6 Å². The van der Waals surface area contributed by atoms with Crippen molar-refractivity contribution >= 4 is 32.2 Å². The maximum Gasteiger partial charge on any atom is 0.522 e. The first kappa shape index (κ1) is 86.0. The number of aliphatic hydroxyl groups is 2. The fraction of sp³-hybridized carbons (Fsp3) is 0.0978. The molecule has 2 radical (unpaired) electrons. The third kappa shape index (κ3) is 23.1. The van der Waals surface area contributed by atoms with Crippen LogP contribution in [0.25, 0.3) is 112 Å². The predicted molar refractivity (Wildman–Crippen MR) is 430 cm³/mol. The van der Waals surface area contributed by atoms with E-state index in [2.05, 4.69) is 252 Å². The van der Waals surface area contributed by atoms with Gasteiger partial charge in [0.1, 0.15) is 5.82 Å². The van der Waals surface area contributed by atoms with Gasteiger partial charge in [0, 0.05) is 95.4 Å². The van der Waals surface area contributed by atoms with Crippen molar-refractivity contribution in [2.24, 2.45) is 0 Å². The number of aromatic nitrogens is 7. The number of rotatable bonds is 11. The zero-order chi connectivity index (χ0) is 76.7. The van der Waals surface area contributed by atoms with Crippen molar-refractivity contribution in [2.75, 3.05) is 14.2 Å². The summed E-state index contributed by atoms with van der Waals surface area (Å²) in [6.45, 7) is 8.98. The molecule has 0 amide bonds. The van der Waals surface area contributed by atoms with Crippen molar-refractivity contribution in [3.63, 3.8) is 0 Å². The molecule has 0 unspecified atom stereocenters. The molecule has 12 nitrogen and oxygen atoms in total. The number of hydrogen-bond donors (Lipinski definition) is 3. The minimum Gasteiger partial charge on any atom is -0.400 e. The normalized spacial score (nSPS) is 10.5. The molecule has 0 saturated heterocycles. The van der Waals surface area contributed by atoms with Gasteiger partial charge in [-0.3, -0.25) is 14.1 Å². The van der Waals surface area contributed by atoms with Crippen molar-refractivity contribution in [1.82, 2.24) is 34.1 Å². The van der Waals surface area contributed by atoms with Crippen LogP contribution in [-0.2, 0) is 50.3 Å². The van der Waals surface area contributed by atoms with Crippen molar-refractivity contribution in [3.05, 3.63) is 382 Å². The van der Waals surface area contributed by atoms with Gasteiger partial charge in [-0.15, -0.1) is 144 Å². The molecular weight excluding hydrogens is 1760 g/mol. The number of halogens is 3. The van der Waals surface area contributed by atoms with Crippen LogP contribution in [0.2, 0.25) is 0 Å². The van der Waals surface area contributed by atoms with Crippen LogP contribution < -0.4 is 0 Å². The quantitative estimate of drug-likeness (QED) is 0.0644. The molecule has 0 saturated carbocycles. The second kappa shape index (κ2) is 43.7. The molecule has 5 heterocycles. The summed E-state index contributed by atoms with van der Waals surface area (Å²) in [7, 11) is -3.84. The Balaban J connectivity index is 0.000000194. The molecule has 110 heavy (non-hydrogen) atoms. The molecule has 0 aliphatic heterocycles. The van der Waals surface area contributed by atoms with Crippen LogP contribution in [0.4, 0.5) is 13.2 Å². The molecule has 0 bridgehead atoms.